The maximum absolute atomic E-state index is 12.8. The molecule has 1 aliphatic heterocycles. The van der Waals surface area contributed by atoms with Crippen LogP contribution in [-0.2, 0) is 4.79 Å². The summed E-state index contributed by atoms with van der Waals surface area (Å²) in [5, 5.41) is 3.73. The van der Waals surface area contributed by atoms with Gasteiger partial charge in [0, 0.05) is 29.7 Å². The highest BCUT2D eigenvalue weighted by molar-refractivity contribution is 6.45. The Morgan fingerprint density at radius 3 is 2.50 bits per heavy atom. The van der Waals surface area contributed by atoms with E-state index in [1.807, 2.05) is 35.0 Å². The molecule has 2 aromatic rings. The number of fused-ring (bicyclic) bond motifs is 1. The van der Waals surface area contributed by atoms with Crippen LogP contribution in [0.3, 0.4) is 0 Å². The molecule has 1 saturated heterocycles. The first kappa shape index (κ1) is 18.6. The van der Waals surface area contributed by atoms with Crippen molar-refractivity contribution >= 4 is 22.6 Å². The average molecular weight is 355 g/mol. The Morgan fingerprint density at radius 2 is 1.85 bits per heavy atom. The Balaban J connectivity index is 1.75. The average Bonchev–Trinajstić information content (AvgIpc) is 3.02. The summed E-state index contributed by atoms with van der Waals surface area (Å²) in [5.41, 5.74) is 1.54. The minimum atomic E-state index is -0.503. The number of ketones is 1. The predicted molar refractivity (Wildman–Crippen MR) is 105 cm³/mol. The molecule has 26 heavy (non-hydrogen) atoms. The summed E-state index contributed by atoms with van der Waals surface area (Å²) in [4.78, 5) is 27.6. The summed E-state index contributed by atoms with van der Waals surface area (Å²) in [5.74, 6) is -0.950. The molecule has 0 aliphatic carbocycles. The lowest BCUT2D eigenvalue weighted by Gasteiger charge is -2.37. The Bertz CT molecular complexity index is 814. The Hall–Kier alpha value is -2.14. The number of hydrogen-bond donors (Lipinski definition) is 1. The molecule has 1 aliphatic rings. The summed E-state index contributed by atoms with van der Waals surface area (Å²) < 4.78 is 2.05. The zero-order valence-corrected chi connectivity index (χ0v) is 16.2. The third-order valence-corrected chi connectivity index (χ3v) is 5.62. The van der Waals surface area contributed by atoms with E-state index in [0.29, 0.717) is 12.1 Å². The van der Waals surface area contributed by atoms with E-state index in [-0.39, 0.29) is 11.5 Å². The summed E-state index contributed by atoms with van der Waals surface area (Å²) >= 11 is 0. The van der Waals surface area contributed by atoms with Gasteiger partial charge in [-0.05, 0) is 58.3 Å². The normalized spacial score (nSPS) is 17.6. The first-order valence-electron chi connectivity index (χ1n) is 9.41. The zero-order chi connectivity index (χ0) is 18.9. The monoisotopic (exact) mass is 355 g/mol. The molecular weight excluding hydrogens is 326 g/mol. The van der Waals surface area contributed by atoms with Gasteiger partial charge >= 0.3 is 0 Å². The molecule has 0 spiro atoms. The van der Waals surface area contributed by atoms with Crippen LogP contribution in [-0.4, -0.2) is 47.8 Å². The van der Waals surface area contributed by atoms with E-state index in [1.54, 1.807) is 0 Å². The van der Waals surface area contributed by atoms with Gasteiger partial charge in [-0.25, -0.2) is 0 Å². The van der Waals surface area contributed by atoms with E-state index in [1.165, 1.54) is 0 Å². The molecule has 0 radical (unpaired) electrons. The number of Topliss-reactive ketones (excluding diaryl/α,β-unsaturated/α-hetero) is 1. The molecule has 1 N–H and O–H groups in total. The number of likely N-dealkylation sites (tertiary alicyclic amines) is 1. The van der Waals surface area contributed by atoms with E-state index in [2.05, 4.69) is 38.0 Å². The number of para-hydroxylation sites is 1. The molecule has 5 nitrogen and oxygen atoms in total. The van der Waals surface area contributed by atoms with Crippen LogP contribution in [0.4, 0.5) is 0 Å². The zero-order valence-electron chi connectivity index (χ0n) is 16.2. The van der Waals surface area contributed by atoms with E-state index in [0.717, 1.165) is 36.8 Å². The van der Waals surface area contributed by atoms with Gasteiger partial charge in [0.05, 0.1) is 5.56 Å². The number of carbonyl (C=O) groups is 2. The quantitative estimate of drug-likeness (QED) is 0.662. The molecular formula is C21H29N3O2. The lowest BCUT2D eigenvalue weighted by molar-refractivity contribution is -0.117. The summed E-state index contributed by atoms with van der Waals surface area (Å²) in [6, 6.07) is 7.98. The lowest BCUT2D eigenvalue weighted by atomic mass is 9.80. The smallest absolute Gasteiger partial charge is 0.292 e. The van der Waals surface area contributed by atoms with Crippen LogP contribution in [0, 0.1) is 5.41 Å². The topological polar surface area (TPSA) is 54.3 Å². The summed E-state index contributed by atoms with van der Waals surface area (Å²) in [6.45, 7) is 8.94. The van der Waals surface area contributed by atoms with Gasteiger partial charge in [0.15, 0.2) is 0 Å². The fraction of sp³-hybridized carbons (Fsp3) is 0.524. The van der Waals surface area contributed by atoms with E-state index < -0.39 is 11.7 Å². The Labute approximate surface area is 155 Å². The van der Waals surface area contributed by atoms with Crippen LogP contribution in [0.15, 0.2) is 30.5 Å². The second-order valence-corrected chi connectivity index (χ2v) is 8.19. The van der Waals surface area contributed by atoms with Crippen LogP contribution < -0.4 is 5.32 Å². The SMILES string of the molecule is CC(C)n1cc(C(=O)C(=O)NCC2(C)CCN(C)CC2)c2ccccc21. The molecule has 0 unspecified atom stereocenters. The van der Waals surface area contributed by atoms with Crippen molar-refractivity contribution in [3.8, 4) is 0 Å². The number of nitrogens with zero attached hydrogens (tertiary/aromatic N) is 2. The molecule has 0 atom stereocenters. The molecule has 1 aromatic heterocycles. The van der Waals surface area contributed by atoms with Crippen LogP contribution in [0.25, 0.3) is 10.9 Å². The van der Waals surface area contributed by atoms with Gasteiger partial charge in [-0.15, -0.1) is 0 Å². The highest BCUT2D eigenvalue weighted by Crippen LogP contribution is 2.29. The number of benzene rings is 1. The molecule has 3 rings (SSSR count). The number of rotatable bonds is 5. The molecule has 0 saturated carbocycles. The molecule has 140 valence electrons. The number of aromatic nitrogens is 1. The van der Waals surface area contributed by atoms with Gasteiger partial charge < -0.3 is 14.8 Å². The largest absolute Gasteiger partial charge is 0.349 e. The highest BCUT2D eigenvalue weighted by atomic mass is 16.2. The number of carbonyl (C=O) groups excluding carboxylic acids is 2. The number of piperidine rings is 1. The minimum Gasteiger partial charge on any atom is -0.349 e. The molecule has 0 bridgehead atoms. The Kier molecular flexibility index (Phi) is 5.19. The molecule has 1 amide bonds. The van der Waals surface area contributed by atoms with Crippen molar-refractivity contribution in [1.29, 1.82) is 0 Å². The number of nitrogens with one attached hydrogen (secondary N) is 1. The van der Waals surface area contributed by atoms with Crippen molar-refractivity contribution < 1.29 is 9.59 Å². The number of hydrogen-bond acceptors (Lipinski definition) is 3. The predicted octanol–water partition coefficient (Wildman–Crippen LogP) is 3.25. The third kappa shape index (κ3) is 3.68. The lowest BCUT2D eigenvalue weighted by Crippen LogP contribution is -2.44. The van der Waals surface area contributed by atoms with Crippen molar-refractivity contribution in [2.75, 3.05) is 26.7 Å². The van der Waals surface area contributed by atoms with Crippen molar-refractivity contribution in [2.24, 2.45) is 5.41 Å². The number of amides is 1. The second-order valence-electron chi connectivity index (χ2n) is 8.19. The molecule has 1 aromatic carbocycles. The van der Waals surface area contributed by atoms with Gasteiger partial charge in [-0.3, -0.25) is 9.59 Å². The van der Waals surface area contributed by atoms with Gasteiger partial charge in [0.2, 0.25) is 0 Å². The first-order valence-corrected chi connectivity index (χ1v) is 9.41. The van der Waals surface area contributed by atoms with E-state index >= 15 is 0 Å². The molecule has 2 heterocycles. The van der Waals surface area contributed by atoms with Crippen LogP contribution in [0.2, 0.25) is 0 Å². The second kappa shape index (κ2) is 7.23. The summed E-state index contributed by atoms with van der Waals surface area (Å²) in [6.07, 6.45) is 3.88. The van der Waals surface area contributed by atoms with Gasteiger partial charge in [0.25, 0.3) is 11.7 Å². The van der Waals surface area contributed by atoms with Crippen molar-refractivity contribution in [3.63, 3.8) is 0 Å². The van der Waals surface area contributed by atoms with Crippen LogP contribution in [0.1, 0.15) is 50.0 Å². The molecule has 5 heteroatoms. The van der Waals surface area contributed by atoms with Crippen LogP contribution in [0.5, 0.6) is 0 Å². The van der Waals surface area contributed by atoms with Crippen molar-refractivity contribution in [1.82, 2.24) is 14.8 Å². The van der Waals surface area contributed by atoms with Crippen molar-refractivity contribution in [3.05, 3.63) is 36.0 Å². The minimum absolute atomic E-state index is 0.0639. The fourth-order valence-electron chi connectivity index (χ4n) is 3.64. The molecule has 1 fully saturated rings. The van der Waals surface area contributed by atoms with Gasteiger partial charge in [-0.2, -0.15) is 0 Å². The fourth-order valence-corrected chi connectivity index (χ4v) is 3.64. The highest BCUT2D eigenvalue weighted by Gasteiger charge is 2.30. The standard InChI is InChI=1S/C21H29N3O2/c1-15(2)24-13-17(16-7-5-6-8-18(16)24)19(25)20(26)22-14-21(3)9-11-23(4)12-10-21/h5-8,13,15H,9-12,14H2,1-4H3,(H,22,26). The van der Waals surface area contributed by atoms with E-state index in [9.17, 15) is 9.59 Å². The first-order chi connectivity index (χ1) is 12.3. The Morgan fingerprint density at radius 1 is 1.19 bits per heavy atom. The maximum atomic E-state index is 12.8. The maximum Gasteiger partial charge on any atom is 0.292 e. The van der Waals surface area contributed by atoms with E-state index in [4.69, 9.17) is 0 Å². The third-order valence-electron chi connectivity index (χ3n) is 5.62. The van der Waals surface area contributed by atoms with Gasteiger partial charge in [-0.1, -0.05) is 25.1 Å². The van der Waals surface area contributed by atoms with Crippen LogP contribution >= 0.6 is 0 Å². The van der Waals surface area contributed by atoms with Gasteiger partial charge in [0.1, 0.15) is 0 Å². The summed E-state index contributed by atoms with van der Waals surface area (Å²) in [7, 11) is 2.12. The van der Waals surface area contributed by atoms with Crippen molar-refractivity contribution in [2.45, 2.75) is 39.7 Å².